The Balaban J connectivity index is 2.39. The van der Waals surface area contributed by atoms with Gasteiger partial charge in [-0.25, -0.2) is 0 Å². The summed E-state index contributed by atoms with van der Waals surface area (Å²) in [5.74, 6) is 0. The molecule has 0 heterocycles. The van der Waals surface area contributed by atoms with Gasteiger partial charge in [0.1, 0.15) is 0 Å². The van der Waals surface area contributed by atoms with Crippen LogP contribution in [0.2, 0.25) is 0 Å². The predicted molar refractivity (Wildman–Crippen MR) is 110 cm³/mol. The van der Waals surface area contributed by atoms with Crippen LogP contribution in [0.1, 0.15) is 50.2 Å². The number of likely N-dealkylation sites (N-methyl/N-ethyl adjacent to an activating group) is 1. The van der Waals surface area contributed by atoms with E-state index < -0.39 is 0 Å². The van der Waals surface area contributed by atoms with E-state index in [4.69, 9.17) is 5.26 Å². The maximum Gasteiger partial charge on any atom is 0.0991 e. The first-order valence-electron chi connectivity index (χ1n) is 9.28. The average molecular weight is 348 g/mol. The molecule has 0 saturated heterocycles. The van der Waals surface area contributed by atoms with E-state index in [1.54, 1.807) is 6.08 Å². The van der Waals surface area contributed by atoms with Crippen LogP contribution in [0.3, 0.4) is 0 Å². The zero-order chi connectivity index (χ0) is 18.9. The van der Waals surface area contributed by atoms with Crippen LogP contribution >= 0.6 is 0 Å². The summed E-state index contributed by atoms with van der Waals surface area (Å²) in [6, 6.07) is 10.3. The third-order valence-corrected chi connectivity index (χ3v) is 4.89. The van der Waals surface area contributed by atoms with Crippen molar-refractivity contribution in [3.63, 3.8) is 0 Å². The van der Waals surface area contributed by atoms with Crippen molar-refractivity contribution in [2.24, 2.45) is 0 Å². The number of rotatable bonds is 7. The second-order valence-electron chi connectivity index (χ2n) is 6.71. The molecule has 2 rings (SSSR count). The Morgan fingerprint density at radius 2 is 1.85 bits per heavy atom. The Morgan fingerprint density at radius 3 is 2.38 bits per heavy atom. The molecule has 0 atom stereocenters. The number of benzene rings is 1. The van der Waals surface area contributed by atoms with Crippen molar-refractivity contribution in [3.05, 3.63) is 77.7 Å². The number of hydrogen-bond donors (Lipinski definition) is 2. The zero-order valence-electron chi connectivity index (χ0n) is 15.9. The highest BCUT2D eigenvalue weighted by Crippen LogP contribution is 2.29. The van der Waals surface area contributed by atoms with Crippen LogP contribution in [0.4, 0.5) is 0 Å². The van der Waals surface area contributed by atoms with E-state index in [2.05, 4.69) is 36.8 Å². The minimum atomic E-state index is 0.523. The van der Waals surface area contributed by atoms with Gasteiger partial charge in [-0.15, -0.1) is 0 Å². The van der Waals surface area contributed by atoms with Gasteiger partial charge in [0.05, 0.1) is 11.6 Å². The van der Waals surface area contributed by atoms with Crippen molar-refractivity contribution in [2.45, 2.75) is 45.1 Å². The molecule has 0 amide bonds. The normalized spacial score (nSPS) is 16.3. The lowest BCUT2D eigenvalue weighted by Crippen LogP contribution is -2.31. The van der Waals surface area contributed by atoms with E-state index in [9.17, 15) is 0 Å². The van der Waals surface area contributed by atoms with E-state index in [1.165, 1.54) is 32.1 Å². The molecule has 1 saturated carbocycles. The van der Waals surface area contributed by atoms with E-state index in [0.717, 1.165) is 28.1 Å². The molecule has 26 heavy (non-hydrogen) atoms. The molecule has 1 aliphatic rings. The van der Waals surface area contributed by atoms with Crippen LogP contribution in [0.15, 0.2) is 66.5 Å². The quantitative estimate of drug-likeness (QED) is 0.678. The SMILES string of the molecule is C=C/C=C(NC)\C(C(=C)c1ccc(C#N)cc1)=C(/C)NC1CCCCC1. The Kier molecular flexibility index (Phi) is 7.29. The first kappa shape index (κ1) is 19.6. The molecule has 0 spiro atoms. The highest BCUT2D eigenvalue weighted by molar-refractivity contribution is 5.83. The molecular weight excluding hydrogens is 318 g/mol. The first-order chi connectivity index (χ1) is 12.6. The maximum atomic E-state index is 9.02. The molecule has 0 radical (unpaired) electrons. The predicted octanol–water partition coefficient (Wildman–Crippen LogP) is 5.06. The molecule has 1 fully saturated rings. The molecular formula is C23H29N3. The minimum absolute atomic E-state index is 0.523. The second-order valence-corrected chi connectivity index (χ2v) is 6.71. The van der Waals surface area contributed by atoms with E-state index >= 15 is 0 Å². The van der Waals surface area contributed by atoms with Crippen LogP contribution in [0.5, 0.6) is 0 Å². The van der Waals surface area contributed by atoms with Crippen LogP contribution in [0, 0.1) is 11.3 Å². The monoisotopic (exact) mass is 347 g/mol. The summed E-state index contributed by atoms with van der Waals surface area (Å²) in [6.45, 7) is 10.3. The van der Waals surface area contributed by atoms with Crippen LogP contribution in [0.25, 0.3) is 5.57 Å². The third kappa shape index (κ3) is 4.89. The summed E-state index contributed by atoms with van der Waals surface area (Å²) in [7, 11) is 1.91. The number of hydrogen-bond acceptors (Lipinski definition) is 3. The number of nitriles is 1. The Bertz CT molecular complexity index is 739. The maximum absolute atomic E-state index is 9.02. The smallest absolute Gasteiger partial charge is 0.0991 e. The highest BCUT2D eigenvalue weighted by atomic mass is 14.9. The highest BCUT2D eigenvalue weighted by Gasteiger charge is 2.18. The second kappa shape index (κ2) is 9.68. The van der Waals surface area contributed by atoms with Crippen molar-refractivity contribution in [1.82, 2.24) is 10.6 Å². The van der Waals surface area contributed by atoms with Crippen molar-refractivity contribution in [3.8, 4) is 6.07 Å². The first-order valence-corrected chi connectivity index (χ1v) is 9.28. The lowest BCUT2D eigenvalue weighted by molar-refractivity contribution is 0.396. The number of nitrogens with zero attached hydrogens (tertiary/aromatic N) is 1. The Labute approximate surface area is 157 Å². The molecule has 0 aliphatic heterocycles. The van der Waals surface area contributed by atoms with Crippen molar-refractivity contribution < 1.29 is 0 Å². The summed E-state index contributed by atoms with van der Waals surface area (Å²) in [5, 5.41) is 16.0. The fourth-order valence-electron chi connectivity index (χ4n) is 3.52. The molecule has 1 aliphatic carbocycles. The van der Waals surface area contributed by atoms with Gasteiger partial charge in [-0.05, 0) is 49.1 Å². The molecule has 3 heteroatoms. The van der Waals surface area contributed by atoms with Gasteiger partial charge in [-0.1, -0.05) is 50.6 Å². The van der Waals surface area contributed by atoms with E-state index in [-0.39, 0.29) is 0 Å². The lowest BCUT2D eigenvalue weighted by atomic mass is 9.92. The molecule has 2 N–H and O–H groups in total. The van der Waals surface area contributed by atoms with Gasteiger partial charge in [0.2, 0.25) is 0 Å². The van der Waals surface area contributed by atoms with Crippen molar-refractivity contribution in [1.29, 1.82) is 5.26 Å². The lowest BCUT2D eigenvalue weighted by Gasteiger charge is -2.27. The van der Waals surface area contributed by atoms with Gasteiger partial charge in [-0.3, -0.25) is 0 Å². The summed E-state index contributed by atoms with van der Waals surface area (Å²) < 4.78 is 0. The van der Waals surface area contributed by atoms with Gasteiger partial charge < -0.3 is 10.6 Å². The molecule has 3 nitrogen and oxygen atoms in total. The Hall–Kier alpha value is -2.73. The minimum Gasteiger partial charge on any atom is -0.388 e. The van der Waals surface area contributed by atoms with Gasteiger partial charge in [0, 0.05) is 30.1 Å². The van der Waals surface area contributed by atoms with Crippen LogP contribution in [-0.4, -0.2) is 13.1 Å². The van der Waals surface area contributed by atoms with Gasteiger partial charge in [-0.2, -0.15) is 5.26 Å². The number of nitrogens with one attached hydrogen (secondary N) is 2. The van der Waals surface area contributed by atoms with Gasteiger partial charge in [0.15, 0.2) is 0 Å². The number of allylic oxidation sites excluding steroid dienone is 4. The average Bonchev–Trinajstić information content (AvgIpc) is 2.68. The van der Waals surface area contributed by atoms with Crippen molar-refractivity contribution >= 4 is 5.57 Å². The van der Waals surface area contributed by atoms with E-state index in [1.807, 2.05) is 37.4 Å². The van der Waals surface area contributed by atoms with E-state index in [0.29, 0.717) is 11.6 Å². The fraction of sp³-hybridized carbons (Fsp3) is 0.348. The zero-order valence-corrected chi connectivity index (χ0v) is 15.9. The fourth-order valence-corrected chi connectivity index (χ4v) is 3.52. The topological polar surface area (TPSA) is 47.9 Å². The molecule has 0 bridgehead atoms. The van der Waals surface area contributed by atoms with Crippen LogP contribution < -0.4 is 10.6 Å². The third-order valence-electron chi connectivity index (χ3n) is 4.89. The Morgan fingerprint density at radius 1 is 1.19 bits per heavy atom. The largest absolute Gasteiger partial charge is 0.388 e. The molecule has 1 aromatic carbocycles. The van der Waals surface area contributed by atoms with Crippen molar-refractivity contribution in [2.75, 3.05) is 7.05 Å². The van der Waals surface area contributed by atoms with Crippen LogP contribution in [-0.2, 0) is 0 Å². The summed E-state index contributed by atoms with van der Waals surface area (Å²) in [5.41, 5.74) is 5.75. The summed E-state index contributed by atoms with van der Waals surface area (Å²) in [6.07, 6.45) is 10.1. The molecule has 1 aromatic rings. The molecule has 0 unspecified atom stereocenters. The summed E-state index contributed by atoms with van der Waals surface area (Å²) >= 11 is 0. The molecule has 0 aromatic heterocycles. The summed E-state index contributed by atoms with van der Waals surface area (Å²) in [4.78, 5) is 0. The standard InChI is InChI=1S/C23H29N3/c1-5-9-22(25-4)23(18(3)26-21-10-7-6-8-11-21)17(2)20-14-12-19(16-24)13-15-20/h5,9,12-15,21,25-26H,1-2,6-8,10-11H2,3-4H3/b22-9+,23-18+. The molecule has 136 valence electrons. The van der Waals surface area contributed by atoms with Gasteiger partial charge in [0.25, 0.3) is 0 Å². The van der Waals surface area contributed by atoms with Gasteiger partial charge >= 0.3 is 0 Å².